The van der Waals surface area contributed by atoms with Crippen molar-refractivity contribution in [2.45, 2.75) is 26.8 Å². The molecule has 1 atom stereocenters. The van der Waals surface area contributed by atoms with Crippen molar-refractivity contribution in [3.8, 4) is 5.75 Å². The smallest absolute Gasteiger partial charge is 0.124 e. The Balaban J connectivity index is 2.48. The highest BCUT2D eigenvalue weighted by molar-refractivity contribution is 6.31. The average molecular weight is 304 g/mol. The van der Waals surface area contributed by atoms with E-state index in [1.807, 2.05) is 20.0 Å². The monoisotopic (exact) mass is 303 g/mol. The lowest BCUT2D eigenvalue weighted by atomic mass is 9.94. The first-order valence-electron chi connectivity index (χ1n) is 7.06. The molecule has 3 heteroatoms. The fourth-order valence-electron chi connectivity index (χ4n) is 2.85. The maximum absolute atomic E-state index is 6.13. The summed E-state index contributed by atoms with van der Waals surface area (Å²) in [5.74, 6) is 0.959. The Kier molecular flexibility index (Phi) is 4.92. The lowest BCUT2D eigenvalue weighted by molar-refractivity contribution is 0.408. The van der Waals surface area contributed by atoms with E-state index in [2.05, 4.69) is 43.4 Å². The molecule has 0 saturated carbocycles. The summed E-state index contributed by atoms with van der Waals surface area (Å²) in [6.45, 7) is 6.19. The number of aryl methyl sites for hydroxylation is 3. The molecule has 0 heterocycles. The van der Waals surface area contributed by atoms with Gasteiger partial charge in [0.15, 0.2) is 0 Å². The standard InChI is InChI=1S/C18H22ClNO/c1-11-8-14(6-7-16(11)19)17(20-4)15-9-12(2)18(21-5)13(3)10-15/h6-10,17,20H,1-5H3. The van der Waals surface area contributed by atoms with Gasteiger partial charge in [-0.2, -0.15) is 0 Å². The van der Waals surface area contributed by atoms with Crippen molar-refractivity contribution < 1.29 is 4.74 Å². The van der Waals surface area contributed by atoms with Gasteiger partial charge >= 0.3 is 0 Å². The van der Waals surface area contributed by atoms with Crippen molar-refractivity contribution in [3.05, 3.63) is 63.2 Å². The molecular weight excluding hydrogens is 282 g/mol. The minimum Gasteiger partial charge on any atom is -0.496 e. The van der Waals surface area contributed by atoms with E-state index < -0.39 is 0 Å². The van der Waals surface area contributed by atoms with E-state index in [1.165, 1.54) is 11.1 Å². The number of benzene rings is 2. The molecule has 0 aliphatic carbocycles. The van der Waals surface area contributed by atoms with Crippen molar-refractivity contribution in [1.82, 2.24) is 5.32 Å². The minimum atomic E-state index is 0.143. The zero-order chi connectivity index (χ0) is 15.6. The van der Waals surface area contributed by atoms with Crippen LogP contribution in [0, 0.1) is 20.8 Å². The molecular formula is C18H22ClNO. The summed E-state index contributed by atoms with van der Waals surface area (Å²) < 4.78 is 5.45. The van der Waals surface area contributed by atoms with Crippen molar-refractivity contribution >= 4 is 11.6 Å². The molecule has 0 bridgehead atoms. The van der Waals surface area contributed by atoms with Gasteiger partial charge in [0, 0.05) is 5.02 Å². The molecule has 0 aliphatic heterocycles. The molecule has 0 fully saturated rings. The predicted molar refractivity (Wildman–Crippen MR) is 89.6 cm³/mol. The Hall–Kier alpha value is -1.51. The molecule has 0 radical (unpaired) electrons. The van der Waals surface area contributed by atoms with Crippen molar-refractivity contribution in [3.63, 3.8) is 0 Å². The van der Waals surface area contributed by atoms with E-state index in [-0.39, 0.29) is 6.04 Å². The summed E-state index contributed by atoms with van der Waals surface area (Å²) >= 11 is 6.13. The van der Waals surface area contributed by atoms with Crippen LogP contribution in [0.25, 0.3) is 0 Å². The van der Waals surface area contributed by atoms with E-state index in [9.17, 15) is 0 Å². The van der Waals surface area contributed by atoms with Crippen LogP contribution in [-0.2, 0) is 0 Å². The van der Waals surface area contributed by atoms with Crippen LogP contribution in [0.2, 0.25) is 5.02 Å². The van der Waals surface area contributed by atoms with E-state index in [0.717, 1.165) is 27.5 Å². The summed E-state index contributed by atoms with van der Waals surface area (Å²) in [4.78, 5) is 0. The number of halogens is 1. The Labute approximate surface area is 132 Å². The Bertz CT molecular complexity index is 629. The number of nitrogens with one attached hydrogen (secondary N) is 1. The zero-order valence-corrected chi connectivity index (χ0v) is 14.0. The predicted octanol–water partition coefficient (Wildman–Crippen LogP) is 4.58. The fourth-order valence-corrected chi connectivity index (χ4v) is 2.96. The fraction of sp³-hybridized carbons (Fsp3) is 0.333. The van der Waals surface area contributed by atoms with E-state index >= 15 is 0 Å². The molecule has 0 spiro atoms. The topological polar surface area (TPSA) is 21.3 Å². The van der Waals surface area contributed by atoms with Crippen LogP contribution in [0.3, 0.4) is 0 Å². The first-order valence-corrected chi connectivity index (χ1v) is 7.44. The maximum Gasteiger partial charge on any atom is 0.124 e. The first-order chi connectivity index (χ1) is 9.97. The lowest BCUT2D eigenvalue weighted by Gasteiger charge is -2.20. The Morgan fingerprint density at radius 3 is 2.00 bits per heavy atom. The van der Waals surface area contributed by atoms with Crippen LogP contribution in [-0.4, -0.2) is 14.2 Å². The second-order valence-corrected chi connectivity index (χ2v) is 5.83. The average Bonchev–Trinajstić information content (AvgIpc) is 2.43. The van der Waals surface area contributed by atoms with Gasteiger partial charge in [-0.15, -0.1) is 0 Å². The highest BCUT2D eigenvalue weighted by Crippen LogP contribution is 2.31. The van der Waals surface area contributed by atoms with E-state index in [4.69, 9.17) is 16.3 Å². The zero-order valence-electron chi connectivity index (χ0n) is 13.3. The second-order valence-electron chi connectivity index (χ2n) is 5.42. The van der Waals surface area contributed by atoms with Crippen LogP contribution < -0.4 is 10.1 Å². The molecule has 0 amide bonds. The van der Waals surface area contributed by atoms with Gasteiger partial charge in [-0.05, 0) is 61.7 Å². The Morgan fingerprint density at radius 2 is 1.52 bits per heavy atom. The summed E-state index contributed by atoms with van der Waals surface area (Å²) in [5.41, 5.74) is 5.84. The molecule has 0 saturated heterocycles. The number of methoxy groups -OCH3 is 1. The molecule has 1 unspecified atom stereocenters. The first kappa shape index (κ1) is 15.9. The maximum atomic E-state index is 6.13. The van der Waals surface area contributed by atoms with Gasteiger partial charge in [-0.3, -0.25) is 0 Å². The SMILES string of the molecule is CNC(c1ccc(Cl)c(C)c1)c1cc(C)c(OC)c(C)c1. The van der Waals surface area contributed by atoms with E-state index in [1.54, 1.807) is 7.11 Å². The van der Waals surface area contributed by atoms with E-state index in [0.29, 0.717) is 0 Å². The molecule has 21 heavy (non-hydrogen) atoms. The number of ether oxygens (including phenoxy) is 1. The number of rotatable bonds is 4. The van der Waals surface area contributed by atoms with Gasteiger partial charge in [-0.1, -0.05) is 35.9 Å². The third kappa shape index (κ3) is 3.22. The van der Waals surface area contributed by atoms with Gasteiger partial charge in [0.25, 0.3) is 0 Å². The third-order valence-corrected chi connectivity index (χ3v) is 4.25. The molecule has 112 valence electrons. The molecule has 0 aromatic heterocycles. The van der Waals surface area contributed by atoms with Crippen LogP contribution in [0.1, 0.15) is 33.9 Å². The highest BCUT2D eigenvalue weighted by Gasteiger charge is 2.15. The van der Waals surface area contributed by atoms with Crippen molar-refractivity contribution in [2.24, 2.45) is 0 Å². The number of hydrogen-bond acceptors (Lipinski definition) is 2. The van der Waals surface area contributed by atoms with Gasteiger partial charge < -0.3 is 10.1 Å². The number of hydrogen-bond donors (Lipinski definition) is 1. The molecule has 2 nitrogen and oxygen atoms in total. The van der Waals surface area contributed by atoms with Gasteiger partial charge in [0.2, 0.25) is 0 Å². The normalized spacial score (nSPS) is 12.3. The molecule has 2 rings (SSSR count). The minimum absolute atomic E-state index is 0.143. The summed E-state index contributed by atoms with van der Waals surface area (Å²) in [6.07, 6.45) is 0. The van der Waals surface area contributed by atoms with Gasteiger partial charge in [0.1, 0.15) is 5.75 Å². The highest BCUT2D eigenvalue weighted by atomic mass is 35.5. The van der Waals surface area contributed by atoms with Crippen LogP contribution >= 0.6 is 11.6 Å². The molecule has 2 aromatic rings. The van der Waals surface area contributed by atoms with Gasteiger partial charge in [-0.25, -0.2) is 0 Å². The lowest BCUT2D eigenvalue weighted by Crippen LogP contribution is -2.18. The molecule has 2 aromatic carbocycles. The van der Waals surface area contributed by atoms with Crippen LogP contribution in [0.15, 0.2) is 30.3 Å². The largest absolute Gasteiger partial charge is 0.496 e. The Morgan fingerprint density at radius 1 is 0.952 bits per heavy atom. The summed E-state index contributed by atoms with van der Waals surface area (Å²) in [7, 11) is 3.69. The van der Waals surface area contributed by atoms with Crippen LogP contribution in [0.5, 0.6) is 5.75 Å². The van der Waals surface area contributed by atoms with Crippen LogP contribution in [0.4, 0.5) is 0 Å². The quantitative estimate of drug-likeness (QED) is 0.892. The van der Waals surface area contributed by atoms with Gasteiger partial charge in [0.05, 0.1) is 13.2 Å². The second kappa shape index (κ2) is 6.50. The summed E-state index contributed by atoms with van der Waals surface area (Å²) in [6, 6.07) is 10.7. The third-order valence-electron chi connectivity index (χ3n) is 3.82. The molecule has 1 N–H and O–H groups in total. The molecule has 0 aliphatic rings. The summed E-state index contributed by atoms with van der Waals surface area (Å²) in [5, 5.41) is 4.19. The van der Waals surface area contributed by atoms with Crippen molar-refractivity contribution in [1.29, 1.82) is 0 Å². The van der Waals surface area contributed by atoms with Crippen molar-refractivity contribution in [2.75, 3.05) is 14.2 Å².